The average molecular weight is 348 g/mol. The predicted octanol–water partition coefficient (Wildman–Crippen LogP) is 3.87. The van der Waals surface area contributed by atoms with E-state index in [1.807, 2.05) is 48.6 Å². The van der Waals surface area contributed by atoms with E-state index in [0.717, 1.165) is 41.8 Å². The summed E-state index contributed by atoms with van der Waals surface area (Å²) in [6.45, 7) is 1.89. The minimum absolute atomic E-state index is 0.258. The zero-order chi connectivity index (χ0) is 18.4. The Hall–Kier alpha value is -2.92. The second-order valence-corrected chi connectivity index (χ2v) is 6.46. The summed E-state index contributed by atoms with van der Waals surface area (Å²) < 4.78 is 0. The highest BCUT2D eigenvalue weighted by Gasteiger charge is 2.05. The van der Waals surface area contributed by atoms with Gasteiger partial charge in [-0.05, 0) is 63.0 Å². The maximum atomic E-state index is 9.37. The summed E-state index contributed by atoms with van der Waals surface area (Å²) in [7, 11) is 4.15. The number of aromatic hydroxyl groups is 1. The Balaban J connectivity index is 1.82. The maximum Gasteiger partial charge on any atom is 0.154 e. The molecule has 0 saturated heterocycles. The number of aromatic nitrogens is 2. The lowest BCUT2D eigenvalue weighted by atomic mass is 10.2. The van der Waals surface area contributed by atoms with Crippen LogP contribution in [0.2, 0.25) is 0 Å². The van der Waals surface area contributed by atoms with Gasteiger partial charge in [-0.2, -0.15) is 0 Å². The van der Waals surface area contributed by atoms with Crippen molar-refractivity contribution in [3.05, 3.63) is 59.9 Å². The number of fused-ring (bicyclic) bond motifs is 1. The van der Waals surface area contributed by atoms with Crippen LogP contribution in [0.5, 0.6) is 5.75 Å². The molecule has 5 heteroatoms. The Kier molecular flexibility index (Phi) is 5.81. The van der Waals surface area contributed by atoms with Gasteiger partial charge in [0.15, 0.2) is 5.82 Å². The number of para-hydroxylation sites is 1. The lowest BCUT2D eigenvalue weighted by Gasteiger charge is -2.12. The van der Waals surface area contributed by atoms with Gasteiger partial charge < -0.3 is 15.3 Å². The van der Waals surface area contributed by atoms with Gasteiger partial charge in [0.2, 0.25) is 0 Å². The summed E-state index contributed by atoms with van der Waals surface area (Å²) in [4.78, 5) is 11.5. The number of hydrogen-bond acceptors (Lipinski definition) is 5. The van der Waals surface area contributed by atoms with Crippen LogP contribution in [0.15, 0.2) is 48.5 Å². The zero-order valence-electron chi connectivity index (χ0n) is 15.2. The summed E-state index contributed by atoms with van der Waals surface area (Å²) in [5.74, 6) is 1.78. The fourth-order valence-electron chi connectivity index (χ4n) is 2.66. The first-order valence-electron chi connectivity index (χ1n) is 8.74. The molecule has 0 spiro atoms. The second-order valence-electron chi connectivity index (χ2n) is 6.46. The summed E-state index contributed by atoms with van der Waals surface area (Å²) >= 11 is 0. The number of benzene rings is 2. The molecule has 0 aliphatic heterocycles. The first kappa shape index (κ1) is 17.9. The van der Waals surface area contributed by atoms with Gasteiger partial charge in [-0.3, -0.25) is 0 Å². The number of hydrogen-bond donors (Lipinski definition) is 2. The molecule has 2 aromatic carbocycles. The molecule has 0 aliphatic rings. The van der Waals surface area contributed by atoms with Crippen LogP contribution in [-0.2, 0) is 0 Å². The number of phenolic OH excluding ortho intramolecular Hbond substituents is 1. The minimum atomic E-state index is 0.258. The Morgan fingerprint density at radius 2 is 1.77 bits per heavy atom. The predicted molar refractivity (Wildman–Crippen MR) is 108 cm³/mol. The molecule has 3 rings (SSSR count). The quantitative estimate of drug-likeness (QED) is 0.635. The van der Waals surface area contributed by atoms with Gasteiger partial charge in [0.05, 0.1) is 5.52 Å². The third-order valence-corrected chi connectivity index (χ3v) is 4.01. The van der Waals surface area contributed by atoms with Gasteiger partial charge in [-0.15, -0.1) is 0 Å². The number of nitrogens with zero attached hydrogens (tertiary/aromatic N) is 3. The van der Waals surface area contributed by atoms with Gasteiger partial charge in [-0.1, -0.05) is 30.3 Å². The van der Waals surface area contributed by atoms with E-state index in [1.54, 1.807) is 12.1 Å². The van der Waals surface area contributed by atoms with Crippen LogP contribution in [0.25, 0.3) is 23.1 Å². The van der Waals surface area contributed by atoms with Crippen molar-refractivity contribution in [2.75, 3.05) is 32.5 Å². The molecule has 2 N–H and O–H groups in total. The number of rotatable bonds is 7. The summed E-state index contributed by atoms with van der Waals surface area (Å²) in [6, 6.07) is 15.1. The highest BCUT2D eigenvalue weighted by molar-refractivity contribution is 5.90. The molecule has 0 amide bonds. The fraction of sp³-hybridized carbons (Fsp3) is 0.238. The highest BCUT2D eigenvalue weighted by atomic mass is 16.3. The normalized spacial score (nSPS) is 11.5. The Morgan fingerprint density at radius 3 is 2.54 bits per heavy atom. The Labute approximate surface area is 154 Å². The molecule has 0 aliphatic carbocycles. The molecule has 3 aromatic rings. The molecule has 5 nitrogen and oxygen atoms in total. The number of anilines is 1. The second kappa shape index (κ2) is 8.45. The molecule has 0 fully saturated rings. The number of nitrogens with one attached hydrogen (secondary N) is 1. The smallest absolute Gasteiger partial charge is 0.154 e. The first-order valence-corrected chi connectivity index (χ1v) is 8.74. The molecule has 1 heterocycles. The van der Waals surface area contributed by atoms with E-state index in [0.29, 0.717) is 5.82 Å². The van der Waals surface area contributed by atoms with Gasteiger partial charge in [0, 0.05) is 11.9 Å². The van der Waals surface area contributed by atoms with Crippen molar-refractivity contribution in [3.63, 3.8) is 0 Å². The molecule has 0 atom stereocenters. The van der Waals surface area contributed by atoms with E-state index in [2.05, 4.69) is 34.3 Å². The fourth-order valence-corrected chi connectivity index (χ4v) is 2.66. The average Bonchev–Trinajstić information content (AvgIpc) is 2.64. The van der Waals surface area contributed by atoms with Crippen molar-refractivity contribution in [1.29, 1.82) is 0 Å². The Morgan fingerprint density at radius 1 is 1.00 bits per heavy atom. The van der Waals surface area contributed by atoms with Crippen LogP contribution >= 0.6 is 0 Å². The van der Waals surface area contributed by atoms with Gasteiger partial charge in [0.25, 0.3) is 0 Å². The third kappa shape index (κ3) is 4.80. The standard InChI is InChI=1S/C21H24N4O/c1-25(2)15-5-14-22-21-18-6-3-4-7-19(18)23-20(24-21)13-10-16-8-11-17(26)12-9-16/h3-4,6-13,26H,5,14-15H2,1-2H3,(H,22,23,24)/b13-10+. The molecule has 0 saturated carbocycles. The first-order chi connectivity index (χ1) is 12.6. The molecule has 0 radical (unpaired) electrons. The lowest BCUT2D eigenvalue weighted by molar-refractivity contribution is 0.405. The zero-order valence-corrected chi connectivity index (χ0v) is 15.2. The van der Waals surface area contributed by atoms with Crippen LogP contribution in [-0.4, -0.2) is 47.2 Å². The van der Waals surface area contributed by atoms with E-state index in [1.165, 1.54) is 0 Å². The maximum absolute atomic E-state index is 9.37. The van der Waals surface area contributed by atoms with Crippen molar-refractivity contribution in [2.24, 2.45) is 0 Å². The summed E-state index contributed by atoms with van der Waals surface area (Å²) in [5, 5.41) is 13.8. The van der Waals surface area contributed by atoms with Crippen LogP contribution in [0.3, 0.4) is 0 Å². The Bertz CT molecular complexity index is 888. The van der Waals surface area contributed by atoms with Crippen molar-refractivity contribution in [1.82, 2.24) is 14.9 Å². The van der Waals surface area contributed by atoms with Crippen molar-refractivity contribution in [2.45, 2.75) is 6.42 Å². The van der Waals surface area contributed by atoms with Crippen LogP contribution < -0.4 is 5.32 Å². The highest BCUT2D eigenvalue weighted by Crippen LogP contribution is 2.21. The lowest BCUT2D eigenvalue weighted by Crippen LogP contribution is -2.16. The van der Waals surface area contributed by atoms with E-state index in [-0.39, 0.29) is 5.75 Å². The van der Waals surface area contributed by atoms with Crippen molar-refractivity contribution >= 4 is 28.9 Å². The monoisotopic (exact) mass is 348 g/mol. The minimum Gasteiger partial charge on any atom is -0.508 e. The van der Waals surface area contributed by atoms with Crippen LogP contribution in [0.1, 0.15) is 17.8 Å². The molecule has 26 heavy (non-hydrogen) atoms. The molecular weight excluding hydrogens is 324 g/mol. The molecule has 1 aromatic heterocycles. The van der Waals surface area contributed by atoms with Crippen molar-refractivity contribution in [3.8, 4) is 5.75 Å². The number of phenols is 1. The summed E-state index contributed by atoms with van der Waals surface area (Å²) in [5.41, 5.74) is 1.91. The molecule has 134 valence electrons. The van der Waals surface area contributed by atoms with Gasteiger partial charge in [0.1, 0.15) is 11.6 Å². The molecule has 0 bridgehead atoms. The van der Waals surface area contributed by atoms with Crippen LogP contribution in [0.4, 0.5) is 5.82 Å². The van der Waals surface area contributed by atoms with Gasteiger partial charge >= 0.3 is 0 Å². The molecule has 0 unspecified atom stereocenters. The van der Waals surface area contributed by atoms with E-state index in [4.69, 9.17) is 0 Å². The van der Waals surface area contributed by atoms with E-state index in [9.17, 15) is 5.11 Å². The molecular formula is C21H24N4O. The van der Waals surface area contributed by atoms with E-state index >= 15 is 0 Å². The SMILES string of the molecule is CN(C)CCCNc1nc(/C=C/c2ccc(O)cc2)nc2ccccc12. The van der Waals surface area contributed by atoms with Crippen molar-refractivity contribution < 1.29 is 5.11 Å². The third-order valence-electron chi connectivity index (χ3n) is 4.01. The van der Waals surface area contributed by atoms with Crippen LogP contribution in [0, 0.1) is 0 Å². The largest absolute Gasteiger partial charge is 0.508 e. The van der Waals surface area contributed by atoms with Gasteiger partial charge in [-0.25, -0.2) is 9.97 Å². The van der Waals surface area contributed by atoms with E-state index < -0.39 is 0 Å². The topological polar surface area (TPSA) is 61.3 Å². The summed E-state index contributed by atoms with van der Waals surface area (Å²) in [6.07, 6.45) is 4.88.